The maximum absolute atomic E-state index is 13.9. The second-order valence-electron chi connectivity index (χ2n) is 8.98. The number of benzene rings is 2. The Bertz CT molecular complexity index is 963. The standard InChI is InChI=1S/C26H31FN2O4/c1-31-24-17-33-23(16-22(24)28-12-14-32-15-13-28)26(30)29-11-10-18-4-2-3-5-21(18)25(29)19-6-8-20(27)9-7-19/h2-9,22-25H,10-17H2,1H3/t22-,23+,24-,25-/m0/s1. The van der Waals surface area contributed by atoms with Gasteiger partial charge in [-0.15, -0.1) is 0 Å². The molecule has 0 saturated carbocycles. The third-order valence-corrected chi connectivity index (χ3v) is 7.19. The Kier molecular flexibility index (Phi) is 6.74. The number of hydrogen-bond donors (Lipinski definition) is 0. The number of carbonyl (C=O) groups is 1. The second kappa shape index (κ2) is 9.89. The summed E-state index contributed by atoms with van der Waals surface area (Å²) in [6, 6.07) is 14.6. The van der Waals surface area contributed by atoms with E-state index in [1.54, 1.807) is 19.2 Å². The summed E-state index contributed by atoms with van der Waals surface area (Å²) in [5, 5.41) is 0. The van der Waals surface area contributed by atoms with Crippen molar-refractivity contribution in [3.8, 4) is 0 Å². The summed E-state index contributed by atoms with van der Waals surface area (Å²) >= 11 is 0. The molecule has 0 aliphatic carbocycles. The first-order valence-corrected chi connectivity index (χ1v) is 11.8. The van der Waals surface area contributed by atoms with Gasteiger partial charge in [0.2, 0.25) is 0 Å². The lowest BCUT2D eigenvalue weighted by molar-refractivity contribution is -0.165. The highest BCUT2D eigenvalue weighted by Gasteiger charge is 2.42. The van der Waals surface area contributed by atoms with Crippen molar-refractivity contribution >= 4 is 5.91 Å². The lowest BCUT2D eigenvalue weighted by Crippen LogP contribution is -2.58. The molecule has 33 heavy (non-hydrogen) atoms. The number of ether oxygens (including phenoxy) is 3. The Morgan fingerprint density at radius 2 is 1.82 bits per heavy atom. The Morgan fingerprint density at radius 1 is 1.06 bits per heavy atom. The molecule has 7 heteroatoms. The van der Waals surface area contributed by atoms with Gasteiger partial charge in [0, 0.05) is 39.2 Å². The van der Waals surface area contributed by atoms with Crippen LogP contribution in [0, 0.1) is 5.82 Å². The van der Waals surface area contributed by atoms with Gasteiger partial charge in [-0.2, -0.15) is 0 Å². The molecule has 0 N–H and O–H groups in total. The SMILES string of the molecule is CO[C@H]1CO[C@@H](C(=O)N2CCc3ccccc3[C@@H]2c2ccc(F)cc2)C[C@@H]1N1CCOCC1. The molecule has 2 saturated heterocycles. The first kappa shape index (κ1) is 22.5. The molecule has 2 aromatic carbocycles. The van der Waals surface area contributed by atoms with Crippen LogP contribution in [-0.4, -0.2) is 80.5 Å². The minimum Gasteiger partial charge on any atom is -0.379 e. The van der Waals surface area contributed by atoms with E-state index in [4.69, 9.17) is 14.2 Å². The van der Waals surface area contributed by atoms with Crippen molar-refractivity contribution in [2.45, 2.75) is 37.1 Å². The molecule has 5 rings (SSSR count). The molecule has 0 radical (unpaired) electrons. The summed E-state index contributed by atoms with van der Waals surface area (Å²) in [5.41, 5.74) is 3.23. The van der Waals surface area contributed by atoms with Gasteiger partial charge in [-0.25, -0.2) is 4.39 Å². The van der Waals surface area contributed by atoms with Crippen molar-refractivity contribution in [2.24, 2.45) is 0 Å². The zero-order valence-corrected chi connectivity index (χ0v) is 19.0. The summed E-state index contributed by atoms with van der Waals surface area (Å²) < 4.78 is 31.0. The highest BCUT2D eigenvalue weighted by atomic mass is 19.1. The van der Waals surface area contributed by atoms with E-state index in [0.29, 0.717) is 32.8 Å². The molecule has 1 amide bonds. The van der Waals surface area contributed by atoms with Crippen molar-refractivity contribution in [1.29, 1.82) is 0 Å². The summed E-state index contributed by atoms with van der Waals surface area (Å²) in [4.78, 5) is 18.2. The predicted octanol–water partition coefficient (Wildman–Crippen LogP) is 2.80. The molecule has 3 heterocycles. The van der Waals surface area contributed by atoms with Gasteiger partial charge in [-0.1, -0.05) is 36.4 Å². The van der Waals surface area contributed by atoms with Crippen LogP contribution in [0.3, 0.4) is 0 Å². The fourth-order valence-electron chi connectivity index (χ4n) is 5.45. The third-order valence-electron chi connectivity index (χ3n) is 7.19. The topological polar surface area (TPSA) is 51.2 Å². The Hall–Kier alpha value is -2.32. The number of halogens is 1. The first-order valence-electron chi connectivity index (χ1n) is 11.8. The van der Waals surface area contributed by atoms with E-state index in [9.17, 15) is 9.18 Å². The fourth-order valence-corrected chi connectivity index (χ4v) is 5.45. The van der Waals surface area contributed by atoms with Crippen molar-refractivity contribution in [3.05, 3.63) is 71.0 Å². The molecule has 176 valence electrons. The van der Waals surface area contributed by atoms with E-state index < -0.39 is 6.10 Å². The van der Waals surface area contributed by atoms with Crippen LogP contribution >= 0.6 is 0 Å². The average Bonchev–Trinajstić information content (AvgIpc) is 2.88. The van der Waals surface area contributed by atoms with E-state index in [0.717, 1.165) is 30.6 Å². The van der Waals surface area contributed by atoms with E-state index in [1.165, 1.54) is 17.7 Å². The number of nitrogens with zero attached hydrogens (tertiary/aromatic N) is 2. The molecule has 2 fully saturated rings. The predicted molar refractivity (Wildman–Crippen MR) is 121 cm³/mol. The number of amides is 1. The minimum absolute atomic E-state index is 0.00774. The van der Waals surface area contributed by atoms with Crippen LogP contribution in [0.5, 0.6) is 0 Å². The molecular formula is C26H31FN2O4. The van der Waals surface area contributed by atoms with Gasteiger partial charge in [0.05, 0.1) is 32.0 Å². The van der Waals surface area contributed by atoms with E-state index in [1.807, 2.05) is 17.0 Å². The van der Waals surface area contributed by atoms with Gasteiger partial charge in [0.25, 0.3) is 5.91 Å². The Balaban J connectivity index is 1.42. The van der Waals surface area contributed by atoms with Gasteiger partial charge in [-0.3, -0.25) is 9.69 Å². The summed E-state index contributed by atoms with van der Waals surface area (Å²) in [5.74, 6) is -0.290. The molecule has 3 aliphatic heterocycles. The van der Waals surface area contributed by atoms with Crippen molar-refractivity contribution in [3.63, 3.8) is 0 Å². The van der Waals surface area contributed by atoms with Crippen LogP contribution in [0.15, 0.2) is 48.5 Å². The first-order chi connectivity index (χ1) is 16.2. The van der Waals surface area contributed by atoms with Gasteiger partial charge in [0.15, 0.2) is 0 Å². The van der Waals surface area contributed by atoms with Gasteiger partial charge in [0.1, 0.15) is 11.9 Å². The van der Waals surface area contributed by atoms with E-state index in [2.05, 4.69) is 17.0 Å². The Labute approximate surface area is 194 Å². The van der Waals surface area contributed by atoms with Crippen LogP contribution in [-0.2, 0) is 25.4 Å². The van der Waals surface area contributed by atoms with E-state index in [-0.39, 0.29) is 29.9 Å². The third kappa shape index (κ3) is 4.55. The molecule has 3 aliphatic rings. The lowest BCUT2D eigenvalue weighted by atomic mass is 9.87. The van der Waals surface area contributed by atoms with Crippen LogP contribution < -0.4 is 0 Å². The van der Waals surface area contributed by atoms with Gasteiger partial charge < -0.3 is 19.1 Å². The minimum atomic E-state index is -0.530. The summed E-state index contributed by atoms with van der Waals surface area (Å²) in [6.45, 7) is 4.06. The number of hydrogen-bond acceptors (Lipinski definition) is 5. The van der Waals surface area contributed by atoms with Crippen molar-refractivity contribution in [2.75, 3.05) is 46.6 Å². The highest BCUT2D eigenvalue weighted by molar-refractivity contribution is 5.82. The van der Waals surface area contributed by atoms with Gasteiger partial charge in [-0.05, 0) is 35.2 Å². The lowest BCUT2D eigenvalue weighted by Gasteiger charge is -2.45. The molecule has 0 spiro atoms. The molecule has 0 unspecified atom stereocenters. The number of rotatable bonds is 4. The zero-order valence-electron chi connectivity index (χ0n) is 19.0. The normalized spacial score (nSPS) is 28.4. The largest absolute Gasteiger partial charge is 0.379 e. The Morgan fingerprint density at radius 3 is 2.58 bits per heavy atom. The maximum atomic E-state index is 13.9. The van der Waals surface area contributed by atoms with Crippen LogP contribution in [0.2, 0.25) is 0 Å². The summed E-state index contributed by atoms with van der Waals surface area (Å²) in [6.07, 6.45) is 0.783. The van der Waals surface area contributed by atoms with Crippen LogP contribution in [0.25, 0.3) is 0 Å². The van der Waals surface area contributed by atoms with Gasteiger partial charge >= 0.3 is 0 Å². The number of methoxy groups -OCH3 is 1. The molecule has 2 aromatic rings. The van der Waals surface area contributed by atoms with Crippen molar-refractivity contribution in [1.82, 2.24) is 9.80 Å². The zero-order chi connectivity index (χ0) is 22.8. The van der Waals surface area contributed by atoms with Crippen LogP contribution in [0.4, 0.5) is 4.39 Å². The number of morpholine rings is 1. The highest BCUT2D eigenvalue weighted by Crippen LogP contribution is 2.37. The van der Waals surface area contributed by atoms with E-state index >= 15 is 0 Å². The second-order valence-corrected chi connectivity index (χ2v) is 8.98. The summed E-state index contributed by atoms with van der Waals surface area (Å²) in [7, 11) is 1.70. The molecular weight excluding hydrogens is 423 g/mol. The monoisotopic (exact) mass is 454 g/mol. The average molecular weight is 455 g/mol. The fraction of sp³-hybridized carbons (Fsp3) is 0.500. The number of fused-ring (bicyclic) bond motifs is 1. The number of carbonyl (C=O) groups excluding carboxylic acids is 1. The van der Waals surface area contributed by atoms with Crippen LogP contribution in [0.1, 0.15) is 29.2 Å². The molecule has 6 nitrogen and oxygen atoms in total. The van der Waals surface area contributed by atoms with Crippen molar-refractivity contribution < 1.29 is 23.4 Å². The molecule has 0 aromatic heterocycles. The maximum Gasteiger partial charge on any atom is 0.252 e. The molecule has 4 atom stereocenters. The quantitative estimate of drug-likeness (QED) is 0.711. The smallest absolute Gasteiger partial charge is 0.252 e. The molecule has 0 bridgehead atoms.